The molecule has 1 aliphatic rings. The number of hydrogen-bond acceptors (Lipinski definition) is 5. The first kappa shape index (κ1) is 20.3. The van der Waals surface area contributed by atoms with Crippen LogP contribution in [0.5, 0.6) is 0 Å². The van der Waals surface area contributed by atoms with Crippen molar-refractivity contribution in [3.63, 3.8) is 0 Å². The van der Waals surface area contributed by atoms with Crippen LogP contribution in [0.1, 0.15) is 18.4 Å². The van der Waals surface area contributed by atoms with Gasteiger partial charge in [-0.25, -0.2) is 9.78 Å². The van der Waals surface area contributed by atoms with Gasteiger partial charge < -0.3 is 15.0 Å². The van der Waals surface area contributed by atoms with Crippen molar-refractivity contribution in [3.8, 4) is 11.3 Å². The van der Waals surface area contributed by atoms with Crippen molar-refractivity contribution in [3.05, 3.63) is 71.7 Å². The minimum Gasteiger partial charge on any atom is -0.445 e. The summed E-state index contributed by atoms with van der Waals surface area (Å²) in [5.41, 5.74) is 3.76. The van der Waals surface area contributed by atoms with Gasteiger partial charge in [0.25, 0.3) is 0 Å². The predicted octanol–water partition coefficient (Wildman–Crippen LogP) is 5.03. The standard InChI is InChI=1S/C24H22N4O3S/c29-22(21-10-5-13-28(21)24(30)31-14-16-6-2-1-3-7-16)27-23-26-20(15-32-23)17-8-4-9-19-18(17)11-12-25-19/h1-4,6-9,11-12,15,21,25H,5,10,13-14H2,(H,26,27,29)/t21-/m0/s1. The molecule has 7 nitrogen and oxygen atoms in total. The fraction of sp³-hybridized carbons (Fsp3) is 0.208. The van der Waals surface area contributed by atoms with E-state index in [1.165, 1.54) is 16.2 Å². The number of benzene rings is 2. The molecule has 1 saturated heterocycles. The van der Waals surface area contributed by atoms with Crippen LogP contribution in [0.4, 0.5) is 9.93 Å². The minimum atomic E-state index is -0.557. The Labute approximate surface area is 189 Å². The van der Waals surface area contributed by atoms with E-state index in [1.54, 1.807) is 0 Å². The second-order valence-corrected chi connectivity index (χ2v) is 8.52. The average molecular weight is 447 g/mol. The molecule has 2 amide bonds. The van der Waals surface area contributed by atoms with Crippen LogP contribution >= 0.6 is 11.3 Å². The van der Waals surface area contributed by atoms with Crippen LogP contribution in [0.2, 0.25) is 0 Å². The Morgan fingerprint density at radius 1 is 1.16 bits per heavy atom. The number of likely N-dealkylation sites (tertiary alicyclic amines) is 1. The number of fused-ring (bicyclic) bond motifs is 1. The van der Waals surface area contributed by atoms with Crippen molar-refractivity contribution < 1.29 is 14.3 Å². The zero-order valence-corrected chi connectivity index (χ0v) is 18.1. The van der Waals surface area contributed by atoms with E-state index in [4.69, 9.17) is 4.74 Å². The van der Waals surface area contributed by atoms with Gasteiger partial charge in [0, 0.05) is 34.6 Å². The van der Waals surface area contributed by atoms with Crippen LogP contribution in [0.15, 0.2) is 66.2 Å². The highest BCUT2D eigenvalue weighted by Gasteiger charge is 2.35. The lowest BCUT2D eigenvalue weighted by Gasteiger charge is -2.22. The molecular weight excluding hydrogens is 424 g/mol. The topological polar surface area (TPSA) is 87.3 Å². The lowest BCUT2D eigenvalue weighted by atomic mass is 10.1. The van der Waals surface area contributed by atoms with Crippen LogP contribution in [-0.2, 0) is 16.1 Å². The van der Waals surface area contributed by atoms with E-state index in [-0.39, 0.29) is 12.5 Å². The first-order valence-electron chi connectivity index (χ1n) is 10.5. The molecule has 0 saturated carbocycles. The van der Waals surface area contributed by atoms with Crippen molar-refractivity contribution in [2.45, 2.75) is 25.5 Å². The molecule has 162 valence electrons. The van der Waals surface area contributed by atoms with Gasteiger partial charge in [-0.3, -0.25) is 9.69 Å². The number of anilines is 1. The van der Waals surface area contributed by atoms with E-state index < -0.39 is 12.1 Å². The van der Waals surface area contributed by atoms with Crippen LogP contribution in [0.25, 0.3) is 22.2 Å². The van der Waals surface area contributed by atoms with Gasteiger partial charge in [0.1, 0.15) is 12.6 Å². The van der Waals surface area contributed by atoms with Crippen molar-refractivity contribution in [1.29, 1.82) is 0 Å². The van der Waals surface area contributed by atoms with E-state index >= 15 is 0 Å². The highest BCUT2D eigenvalue weighted by molar-refractivity contribution is 7.14. The Bertz CT molecular complexity index is 1250. The quantitative estimate of drug-likeness (QED) is 0.450. The highest BCUT2D eigenvalue weighted by atomic mass is 32.1. The molecule has 0 aliphatic carbocycles. The first-order chi connectivity index (χ1) is 15.7. The third kappa shape index (κ3) is 4.09. The average Bonchev–Trinajstić information content (AvgIpc) is 3.58. The number of amides is 2. The maximum Gasteiger partial charge on any atom is 0.410 e. The summed E-state index contributed by atoms with van der Waals surface area (Å²) in [5, 5.41) is 6.41. The summed E-state index contributed by atoms with van der Waals surface area (Å²) in [6.07, 6.45) is 2.80. The molecule has 32 heavy (non-hydrogen) atoms. The van der Waals surface area contributed by atoms with Crippen molar-refractivity contribution in [2.24, 2.45) is 0 Å². The normalized spacial score (nSPS) is 15.8. The molecule has 2 N–H and O–H groups in total. The van der Waals surface area contributed by atoms with Gasteiger partial charge in [-0.05, 0) is 30.5 Å². The van der Waals surface area contributed by atoms with Gasteiger partial charge in [-0.15, -0.1) is 11.3 Å². The Kier molecular flexibility index (Phi) is 5.60. The minimum absolute atomic E-state index is 0.186. The second-order valence-electron chi connectivity index (χ2n) is 7.66. The molecule has 0 bridgehead atoms. The molecular formula is C24H22N4O3S. The van der Waals surface area contributed by atoms with Gasteiger partial charge in [-0.2, -0.15) is 0 Å². The van der Waals surface area contributed by atoms with Crippen LogP contribution < -0.4 is 5.32 Å². The zero-order valence-electron chi connectivity index (χ0n) is 17.3. The molecule has 0 spiro atoms. The molecule has 5 rings (SSSR count). The third-order valence-electron chi connectivity index (χ3n) is 5.60. The van der Waals surface area contributed by atoms with E-state index in [0.29, 0.717) is 18.1 Å². The van der Waals surface area contributed by atoms with Gasteiger partial charge in [-0.1, -0.05) is 42.5 Å². The maximum absolute atomic E-state index is 12.9. The number of thiazole rings is 1. The molecule has 1 fully saturated rings. The Balaban J connectivity index is 1.24. The Hall–Kier alpha value is -3.65. The molecule has 2 aromatic heterocycles. The molecule has 1 atom stereocenters. The smallest absolute Gasteiger partial charge is 0.410 e. The third-order valence-corrected chi connectivity index (χ3v) is 6.36. The number of nitrogens with zero attached hydrogens (tertiary/aromatic N) is 2. The SMILES string of the molecule is O=C(Nc1nc(-c2cccc3[nH]ccc23)cs1)[C@@H]1CCCN1C(=O)OCc1ccccc1. The molecule has 2 aromatic carbocycles. The van der Waals surface area contributed by atoms with E-state index in [1.807, 2.05) is 66.2 Å². The molecule has 1 aliphatic heterocycles. The number of aromatic amines is 1. The number of aromatic nitrogens is 2. The summed E-state index contributed by atoms with van der Waals surface area (Å²) in [6.45, 7) is 0.690. The van der Waals surface area contributed by atoms with Crippen LogP contribution in [0, 0.1) is 0 Å². The molecule has 4 aromatic rings. The number of rotatable bonds is 5. The summed E-state index contributed by atoms with van der Waals surface area (Å²) >= 11 is 1.37. The van der Waals surface area contributed by atoms with Gasteiger partial charge in [0.05, 0.1) is 5.69 Å². The summed E-state index contributed by atoms with van der Waals surface area (Å²) < 4.78 is 5.43. The Morgan fingerprint density at radius 3 is 2.91 bits per heavy atom. The van der Waals surface area contributed by atoms with Crippen molar-refractivity contribution in [2.75, 3.05) is 11.9 Å². The lowest BCUT2D eigenvalue weighted by molar-refractivity contribution is -0.120. The second kappa shape index (κ2) is 8.84. The summed E-state index contributed by atoms with van der Waals surface area (Å²) in [7, 11) is 0. The first-order valence-corrected chi connectivity index (χ1v) is 11.4. The lowest BCUT2D eigenvalue weighted by Crippen LogP contribution is -2.43. The number of ether oxygens (including phenoxy) is 1. The highest BCUT2D eigenvalue weighted by Crippen LogP contribution is 2.31. The molecule has 0 radical (unpaired) electrons. The summed E-state index contributed by atoms with van der Waals surface area (Å²) in [5.74, 6) is -0.236. The fourth-order valence-corrected chi connectivity index (χ4v) is 4.73. The Morgan fingerprint density at radius 2 is 2.03 bits per heavy atom. The van der Waals surface area contributed by atoms with E-state index in [9.17, 15) is 9.59 Å². The number of nitrogens with one attached hydrogen (secondary N) is 2. The van der Waals surface area contributed by atoms with E-state index in [2.05, 4.69) is 15.3 Å². The number of carbonyl (C=O) groups is 2. The zero-order chi connectivity index (χ0) is 21.9. The predicted molar refractivity (Wildman–Crippen MR) is 124 cm³/mol. The molecule has 3 heterocycles. The van der Waals surface area contributed by atoms with Gasteiger partial charge in [0.2, 0.25) is 5.91 Å². The van der Waals surface area contributed by atoms with Gasteiger partial charge in [0.15, 0.2) is 5.13 Å². The fourth-order valence-electron chi connectivity index (χ4n) is 4.01. The van der Waals surface area contributed by atoms with Crippen molar-refractivity contribution >= 4 is 39.4 Å². The maximum atomic E-state index is 12.9. The van der Waals surface area contributed by atoms with Crippen molar-refractivity contribution in [1.82, 2.24) is 14.9 Å². The van der Waals surface area contributed by atoms with E-state index in [0.717, 1.165) is 34.1 Å². The monoisotopic (exact) mass is 446 g/mol. The number of carbonyl (C=O) groups excluding carboxylic acids is 2. The largest absolute Gasteiger partial charge is 0.445 e. The van der Waals surface area contributed by atoms with Crippen LogP contribution in [-0.4, -0.2) is 39.5 Å². The van der Waals surface area contributed by atoms with Crippen LogP contribution in [0.3, 0.4) is 0 Å². The molecule has 0 unspecified atom stereocenters. The molecule has 8 heteroatoms. The summed E-state index contributed by atoms with van der Waals surface area (Å²) in [6, 6.07) is 17.0. The number of H-pyrrole nitrogens is 1. The summed E-state index contributed by atoms with van der Waals surface area (Å²) in [4.78, 5) is 34.8. The van der Waals surface area contributed by atoms with Gasteiger partial charge >= 0.3 is 6.09 Å². The number of hydrogen-bond donors (Lipinski definition) is 2.